The van der Waals surface area contributed by atoms with E-state index in [1.807, 2.05) is 18.2 Å². The highest BCUT2D eigenvalue weighted by Gasteiger charge is 2.18. The lowest BCUT2D eigenvalue weighted by atomic mass is 10.1. The highest BCUT2D eigenvalue weighted by atomic mass is 16.2. The fraction of sp³-hybridized carbons (Fsp3) is 0.375. The Morgan fingerprint density at radius 2 is 2.00 bits per heavy atom. The van der Waals surface area contributed by atoms with Crippen molar-refractivity contribution in [1.29, 1.82) is 0 Å². The molecule has 1 N–H and O–H groups in total. The van der Waals surface area contributed by atoms with E-state index in [-0.39, 0.29) is 12.1 Å². The van der Waals surface area contributed by atoms with Gasteiger partial charge in [-0.1, -0.05) is 44.2 Å². The van der Waals surface area contributed by atoms with Crippen LogP contribution in [-0.4, -0.2) is 40.1 Å². The number of imidazole rings is 1. The van der Waals surface area contributed by atoms with Crippen LogP contribution in [0.1, 0.15) is 25.5 Å². The van der Waals surface area contributed by atoms with Crippen LogP contribution in [0.3, 0.4) is 0 Å². The number of nitrogens with zero attached hydrogens (tertiary/aromatic N) is 3. The molecular weight excluding hydrogens is 264 g/mol. The Morgan fingerprint density at radius 3 is 2.57 bits per heavy atom. The summed E-state index contributed by atoms with van der Waals surface area (Å²) in [6.45, 7) is 6.73. The molecule has 0 spiro atoms. The van der Waals surface area contributed by atoms with Crippen LogP contribution in [0.5, 0.6) is 0 Å². The maximum Gasteiger partial charge on any atom is 0.326 e. The number of amides is 1. The predicted molar refractivity (Wildman–Crippen MR) is 83.1 cm³/mol. The first-order valence-electron chi connectivity index (χ1n) is 7.31. The average molecular weight is 286 g/mol. The summed E-state index contributed by atoms with van der Waals surface area (Å²) in [5.74, 6) is 0. The highest BCUT2D eigenvalue weighted by molar-refractivity contribution is 5.76. The fourth-order valence-electron chi connectivity index (χ4n) is 2.45. The molecule has 1 aromatic heterocycles. The zero-order valence-corrected chi connectivity index (χ0v) is 12.6. The molecule has 0 saturated heterocycles. The number of nitrogens with one attached hydrogen (secondary N) is 1. The third-order valence-corrected chi connectivity index (χ3v) is 3.62. The predicted octanol–water partition coefficient (Wildman–Crippen LogP) is 2.52. The number of benzene rings is 1. The zero-order valence-electron chi connectivity index (χ0n) is 12.6. The first kappa shape index (κ1) is 15.3. The fourth-order valence-corrected chi connectivity index (χ4v) is 2.45. The van der Waals surface area contributed by atoms with Crippen molar-refractivity contribution in [2.45, 2.75) is 19.9 Å². The van der Waals surface area contributed by atoms with Crippen molar-refractivity contribution in [2.75, 3.05) is 19.6 Å². The van der Waals surface area contributed by atoms with Crippen LogP contribution >= 0.6 is 0 Å². The van der Waals surface area contributed by atoms with E-state index in [4.69, 9.17) is 0 Å². The molecule has 2 aromatic rings. The Morgan fingerprint density at radius 1 is 1.29 bits per heavy atom. The largest absolute Gasteiger partial charge is 0.335 e. The third kappa shape index (κ3) is 3.92. The summed E-state index contributed by atoms with van der Waals surface area (Å²) in [6.07, 6.45) is 4.74. The monoisotopic (exact) mass is 286 g/mol. The van der Waals surface area contributed by atoms with Crippen LogP contribution in [0.15, 0.2) is 49.1 Å². The second-order valence-corrected chi connectivity index (χ2v) is 4.80. The van der Waals surface area contributed by atoms with Gasteiger partial charge >= 0.3 is 6.03 Å². The van der Waals surface area contributed by atoms with Crippen LogP contribution in [0, 0.1) is 0 Å². The minimum Gasteiger partial charge on any atom is -0.335 e. The molecule has 2 rings (SSSR count). The summed E-state index contributed by atoms with van der Waals surface area (Å²) < 4.78 is 1.45. The molecule has 1 unspecified atom stereocenters. The molecule has 0 radical (unpaired) electrons. The molecule has 1 aromatic carbocycles. The van der Waals surface area contributed by atoms with Crippen LogP contribution < -0.4 is 5.32 Å². The first-order valence-corrected chi connectivity index (χ1v) is 7.31. The second kappa shape index (κ2) is 7.59. The number of hydrogen-bond acceptors (Lipinski definition) is 3. The van der Waals surface area contributed by atoms with E-state index in [1.165, 1.54) is 16.5 Å². The lowest BCUT2D eigenvalue weighted by Gasteiger charge is -2.30. The van der Waals surface area contributed by atoms with Gasteiger partial charge in [0.2, 0.25) is 0 Å². The lowest BCUT2D eigenvalue weighted by molar-refractivity contribution is 0.206. The minimum absolute atomic E-state index is 0.152. The molecule has 5 heteroatoms. The maximum absolute atomic E-state index is 12.0. The summed E-state index contributed by atoms with van der Waals surface area (Å²) in [5, 5.41) is 2.98. The molecule has 112 valence electrons. The summed E-state index contributed by atoms with van der Waals surface area (Å²) in [7, 11) is 0. The maximum atomic E-state index is 12.0. The number of likely N-dealkylation sites (N-methyl/N-ethyl adjacent to an activating group) is 1. The van der Waals surface area contributed by atoms with Gasteiger partial charge in [0.25, 0.3) is 0 Å². The van der Waals surface area contributed by atoms with E-state index >= 15 is 0 Å². The van der Waals surface area contributed by atoms with Crippen LogP contribution in [0.2, 0.25) is 0 Å². The van der Waals surface area contributed by atoms with Crippen molar-refractivity contribution in [3.63, 3.8) is 0 Å². The molecule has 0 bridgehead atoms. The summed E-state index contributed by atoms with van der Waals surface area (Å²) in [4.78, 5) is 18.3. The molecule has 0 aliphatic rings. The van der Waals surface area contributed by atoms with Crippen LogP contribution in [0.25, 0.3) is 0 Å². The summed E-state index contributed by atoms with van der Waals surface area (Å²) >= 11 is 0. The molecule has 1 atom stereocenters. The quantitative estimate of drug-likeness (QED) is 0.887. The molecule has 0 fully saturated rings. The van der Waals surface area contributed by atoms with Crippen molar-refractivity contribution in [3.05, 3.63) is 54.6 Å². The molecule has 0 aliphatic heterocycles. The van der Waals surface area contributed by atoms with Crippen molar-refractivity contribution in [2.24, 2.45) is 0 Å². The first-order chi connectivity index (χ1) is 10.3. The number of carbonyl (C=O) groups excluding carboxylic acids is 1. The third-order valence-electron chi connectivity index (χ3n) is 3.62. The van der Waals surface area contributed by atoms with Crippen molar-refractivity contribution in [3.8, 4) is 0 Å². The van der Waals surface area contributed by atoms with Crippen molar-refractivity contribution in [1.82, 2.24) is 19.8 Å². The van der Waals surface area contributed by atoms with E-state index in [1.54, 1.807) is 12.4 Å². The van der Waals surface area contributed by atoms with Gasteiger partial charge in [0, 0.05) is 18.9 Å². The molecule has 0 saturated carbocycles. The molecule has 1 heterocycles. The van der Waals surface area contributed by atoms with E-state index in [0.717, 1.165) is 13.1 Å². The number of hydrogen-bond donors (Lipinski definition) is 1. The van der Waals surface area contributed by atoms with Crippen LogP contribution in [0.4, 0.5) is 4.79 Å². The molecular formula is C16H22N4O. The SMILES string of the molecule is CCN(CC)C(CNC(=O)n1ccnc1)c1ccccc1. The zero-order chi connectivity index (χ0) is 15.1. The Hall–Kier alpha value is -2.14. The Bertz CT molecular complexity index is 535. The average Bonchev–Trinajstić information content (AvgIpc) is 3.06. The van der Waals surface area contributed by atoms with Crippen LogP contribution in [-0.2, 0) is 0 Å². The van der Waals surface area contributed by atoms with Gasteiger partial charge in [-0.3, -0.25) is 9.47 Å². The number of carbonyl (C=O) groups is 1. The molecule has 1 amide bonds. The summed E-state index contributed by atoms with van der Waals surface area (Å²) in [6, 6.07) is 10.3. The standard InChI is InChI=1S/C16H22N4O/c1-3-19(4-2)15(14-8-6-5-7-9-14)12-18-16(21)20-11-10-17-13-20/h5-11,13,15H,3-4,12H2,1-2H3,(H,18,21). The van der Waals surface area contributed by atoms with E-state index < -0.39 is 0 Å². The van der Waals surface area contributed by atoms with Gasteiger partial charge in [-0.2, -0.15) is 0 Å². The molecule has 21 heavy (non-hydrogen) atoms. The Labute approximate surface area is 125 Å². The van der Waals surface area contributed by atoms with Crippen molar-refractivity contribution < 1.29 is 4.79 Å². The van der Waals surface area contributed by atoms with Gasteiger partial charge in [0.1, 0.15) is 6.33 Å². The van der Waals surface area contributed by atoms with Gasteiger partial charge in [-0.25, -0.2) is 9.78 Å². The molecule has 0 aliphatic carbocycles. The van der Waals surface area contributed by atoms with Gasteiger partial charge in [0.05, 0.1) is 6.04 Å². The Balaban J connectivity index is 2.08. The van der Waals surface area contributed by atoms with Gasteiger partial charge in [-0.15, -0.1) is 0 Å². The summed E-state index contributed by atoms with van der Waals surface area (Å²) in [5.41, 5.74) is 1.21. The second-order valence-electron chi connectivity index (χ2n) is 4.80. The molecule has 5 nitrogen and oxygen atoms in total. The highest BCUT2D eigenvalue weighted by Crippen LogP contribution is 2.19. The number of aromatic nitrogens is 2. The van der Waals surface area contributed by atoms with Gasteiger partial charge < -0.3 is 5.32 Å². The van der Waals surface area contributed by atoms with Gasteiger partial charge in [0.15, 0.2) is 0 Å². The van der Waals surface area contributed by atoms with E-state index in [2.05, 4.69) is 41.2 Å². The van der Waals surface area contributed by atoms with E-state index in [0.29, 0.717) is 6.54 Å². The lowest BCUT2D eigenvalue weighted by Crippen LogP contribution is -2.39. The van der Waals surface area contributed by atoms with E-state index in [9.17, 15) is 4.79 Å². The van der Waals surface area contributed by atoms with Crippen molar-refractivity contribution >= 4 is 6.03 Å². The Kier molecular flexibility index (Phi) is 5.51. The normalized spacial score (nSPS) is 12.3. The van der Waals surface area contributed by atoms with Gasteiger partial charge in [-0.05, 0) is 18.7 Å². The number of rotatable bonds is 6. The smallest absolute Gasteiger partial charge is 0.326 e. The minimum atomic E-state index is -0.152. The topological polar surface area (TPSA) is 50.2 Å².